The Bertz CT molecular complexity index is 353. The van der Waals surface area contributed by atoms with Crippen molar-refractivity contribution in [3.05, 3.63) is 11.9 Å². The maximum Gasteiger partial charge on any atom is 0.407 e. The molecule has 0 bridgehead atoms. The van der Waals surface area contributed by atoms with Gasteiger partial charge in [-0.1, -0.05) is 0 Å². The van der Waals surface area contributed by atoms with Crippen molar-refractivity contribution in [2.75, 3.05) is 18.0 Å². The van der Waals surface area contributed by atoms with E-state index in [9.17, 15) is 13.2 Å². The molecular formula is C7H8F3N5. The zero-order valence-electron chi connectivity index (χ0n) is 7.49. The number of nitrogens with zero attached hydrogens (tertiary/aromatic N) is 3. The van der Waals surface area contributed by atoms with Gasteiger partial charge in [0.15, 0.2) is 0 Å². The predicted octanol–water partition coefficient (Wildman–Crippen LogP) is 0.622. The summed E-state index contributed by atoms with van der Waals surface area (Å²) in [4.78, 5) is 10.3. The van der Waals surface area contributed by atoms with Crippen LogP contribution in [-0.4, -0.2) is 28.9 Å². The van der Waals surface area contributed by atoms with Crippen LogP contribution in [0, 0.1) is 0 Å². The van der Waals surface area contributed by atoms with E-state index in [1.807, 2.05) is 0 Å². The van der Waals surface area contributed by atoms with Crippen LogP contribution >= 0.6 is 0 Å². The van der Waals surface area contributed by atoms with Crippen molar-refractivity contribution in [3.8, 4) is 0 Å². The molecule has 0 atom stereocenters. The minimum Gasteiger partial charge on any atom is -0.383 e. The van der Waals surface area contributed by atoms with Crippen LogP contribution in [-0.2, 0) is 0 Å². The van der Waals surface area contributed by atoms with Crippen LogP contribution in [0.15, 0.2) is 11.3 Å². The van der Waals surface area contributed by atoms with Crippen LogP contribution in [0.2, 0.25) is 0 Å². The van der Waals surface area contributed by atoms with Gasteiger partial charge < -0.3 is 11.5 Å². The summed E-state index contributed by atoms with van der Waals surface area (Å²) >= 11 is 0. The molecular weight excluding hydrogens is 211 g/mol. The summed E-state index contributed by atoms with van der Waals surface area (Å²) in [5.74, 6) is -0.0122. The third kappa shape index (κ3) is 3.41. The van der Waals surface area contributed by atoms with Crippen molar-refractivity contribution in [2.45, 2.75) is 6.18 Å². The Kier molecular flexibility index (Phi) is 3.08. The monoisotopic (exact) mass is 219 g/mol. The number of aliphatic imine (C=N–C) groups is 1. The highest BCUT2D eigenvalue weighted by atomic mass is 19.4. The molecule has 0 fully saturated rings. The topological polar surface area (TPSA) is 90.2 Å². The normalized spacial score (nSPS) is 12.2. The van der Waals surface area contributed by atoms with E-state index < -0.39 is 12.7 Å². The van der Waals surface area contributed by atoms with E-state index in [0.29, 0.717) is 0 Å². The van der Waals surface area contributed by atoms with Crippen LogP contribution in [0.25, 0.3) is 0 Å². The van der Waals surface area contributed by atoms with Gasteiger partial charge in [0.1, 0.15) is 24.5 Å². The third-order valence-corrected chi connectivity index (χ3v) is 1.44. The van der Waals surface area contributed by atoms with Crippen molar-refractivity contribution < 1.29 is 13.2 Å². The highest BCUT2D eigenvalue weighted by molar-refractivity contribution is 5.90. The van der Waals surface area contributed by atoms with Crippen molar-refractivity contribution >= 4 is 17.9 Å². The lowest BCUT2D eigenvalue weighted by molar-refractivity contribution is -0.118. The first-order valence-electron chi connectivity index (χ1n) is 3.82. The number of nitrogens with two attached hydrogens (primary N) is 2. The Balaban J connectivity index is 2.81. The molecule has 0 radical (unpaired) electrons. The number of halogens is 3. The lowest BCUT2D eigenvalue weighted by Crippen LogP contribution is -2.12. The van der Waals surface area contributed by atoms with Gasteiger partial charge in [-0.2, -0.15) is 13.2 Å². The molecule has 15 heavy (non-hydrogen) atoms. The van der Waals surface area contributed by atoms with Crippen molar-refractivity contribution in [1.29, 1.82) is 0 Å². The third-order valence-electron chi connectivity index (χ3n) is 1.44. The van der Waals surface area contributed by atoms with E-state index in [1.54, 1.807) is 0 Å². The molecule has 1 heterocycles. The van der Waals surface area contributed by atoms with Crippen LogP contribution in [0.4, 0.5) is 24.8 Å². The molecule has 0 saturated carbocycles. The maximum atomic E-state index is 11.8. The number of rotatable bonds is 2. The molecule has 82 valence electrons. The number of hydrogen-bond donors (Lipinski definition) is 2. The standard InChI is InChI=1S/C7H8F3N5/c8-7(9,10)2-13-1-4-5(11)14-3-15-6(4)12/h1,3H,2H2,(H4,11,12,14,15). The summed E-state index contributed by atoms with van der Waals surface area (Å²) in [6.07, 6.45) is -2.32. The smallest absolute Gasteiger partial charge is 0.383 e. The fourth-order valence-electron chi connectivity index (χ4n) is 0.796. The van der Waals surface area contributed by atoms with E-state index in [-0.39, 0.29) is 17.2 Å². The first-order valence-corrected chi connectivity index (χ1v) is 3.82. The first kappa shape index (κ1) is 11.2. The van der Waals surface area contributed by atoms with E-state index in [0.717, 1.165) is 12.5 Å². The lowest BCUT2D eigenvalue weighted by Gasteiger charge is -2.02. The molecule has 0 aliphatic carbocycles. The molecule has 0 amide bonds. The largest absolute Gasteiger partial charge is 0.407 e. The summed E-state index contributed by atoms with van der Waals surface area (Å²) in [6.45, 7) is -1.29. The number of hydrogen-bond acceptors (Lipinski definition) is 5. The van der Waals surface area contributed by atoms with E-state index in [1.165, 1.54) is 0 Å². The SMILES string of the molecule is Nc1ncnc(N)c1C=NCC(F)(F)F. The van der Waals surface area contributed by atoms with E-state index >= 15 is 0 Å². The molecule has 0 unspecified atom stereocenters. The second kappa shape index (κ2) is 4.11. The van der Waals surface area contributed by atoms with Gasteiger partial charge in [0.2, 0.25) is 0 Å². The Morgan fingerprint density at radius 2 is 1.80 bits per heavy atom. The number of alkyl halides is 3. The van der Waals surface area contributed by atoms with Gasteiger partial charge in [-0.05, 0) is 0 Å². The fourth-order valence-corrected chi connectivity index (χ4v) is 0.796. The molecule has 5 nitrogen and oxygen atoms in total. The molecule has 1 aromatic rings. The van der Waals surface area contributed by atoms with Crippen LogP contribution in [0.3, 0.4) is 0 Å². The average Bonchev–Trinajstić information content (AvgIpc) is 2.08. The first-order chi connectivity index (χ1) is 6.90. The second-order valence-corrected chi connectivity index (χ2v) is 2.64. The lowest BCUT2D eigenvalue weighted by atomic mass is 10.3. The Morgan fingerprint density at radius 1 is 1.27 bits per heavy atom. The van der Waals surface area contributed by atoms with Crippen LogP contribution in [0.5, 0.6) is 0 Å². The van der Waals surface area contributed by atoms with Crippen molar-refractivity contribution in [2.24, 2.45) is 4.99 Å². The molecule has 1 aromatic heterocycles. The van der Waals surface area contributed by atoms with Gasteiger partial charge in [0, 0.05) is 6.21 Å². The van der Waals surface area contributed by atoms with Crippen LogP contribution in [0.1, 0.15) is 5.56 Å². The fraction of sp³-hybridized carbons (Fsp3) is 0.286. The van der Waals surface area contributed by atoms with Gasteiger partial charge in [-0.25, -0.2) is 9.97 Å². The molecule has 8 heteroatoms. The second-order valence-electron chi connectivity index (χ2n) is 2.64. The van der Waals surface area contributed by atoms with Crippen molar-refractivity contribution in [1.82, 2.24) is 9.97 Å². The Labute approximate surface area is 83.0 Å². The highest BCUT2D eigenvalue weighted by Crippen LogP contribution is 2.15. The van der Waals surface area contributed by atoms with E-state index in [2.05, 4.69) is 15.0 Å². The van der Waals surface area contributed by atoms with Gasteiger partial charge in [-0.15, -0.1) is 0 Å². The maximum absolute atomic E-state index is 11.8. The molecule has 0 aromatic carbocycles. The highest BCUT2D eigenvalue weighted by Gasteiger charge is 2.25. The molecule has 0 aliphatic rings. The zero-order chi connectivity index (χ0) is 11.5. The van der Waals surface area contributed by atoms with Gasteiger partial charge in [0.05, 0.1) is 5.56 Å². The van der Waals surface area contributed by atoms with Gasteiger partial charge in [-0.3, -0.25) is 4.99 Å². The number of nitrogen functional groups attached to an aromatic ring is 2. The van der Waals surface area contributed by atoms with Crippen molar-refractivity contribution in [3.63, 3.8) is 0 Å². The van der Waals surface area contributed by atoms with Crippen LogP contribution < -0.4 is 11.5 Å². The molecule has 1 rings (SSSR count). The molecule has 0 aliphatic heterocycles. The summed E-state index contributed by atoms with van der Waals surface area (Å²) < 4.78 is 35.3. The predicted molar refractivity (Wildman–Crippen MR) is 49.4 cm³/mol. The number of anilines is 2. The Hall–Kier alpha value is -1.86. The Morgan fingerprint density at radius 3 is 2.27 bits per heavy atom. The van der Waals surface area contributed by atoms with E-state index in [4.69, 9.17) is 11.5 Å². The summed E-state index contributed by atoms with van der Waals surface area (Å²) in [5.41, 5.74) is 10.8. The molecule has 0 spiro atoms. The minimum atomic E-state index is -4.35. The van der Waals surface area contributed by atoms with Gasteiger partial charge >= 0.3 is 6.18 Å². The summed E-state index contributed by atoms with van der Waals surface area (Å²) in [5, 5.41) is 0. The quantitative estimate of drug-likeness (QED) is 0.713. The minimum absolute atomic E-state index is 0.00609. The molecule has 4 N–H and O–H groups in total. The zero-order valence-corrected chi connectivity index (χ0v) is 7.49. The molecule has 0 saturated heterocycles. The summed E-state index contributed by atoms with van der Waals surface area (Å²) in [7, 11) is 0. The van der Waals surface area contributed by atoms with Gasteiger partial charge in [0.25, 0.3) is 0 Å². The summed E-state index contributed by atoms with van der Waals surface area (Å²) in [6, 6.07) is 0. The average molecular weight is 219 g/mol. The number of aromatic nitrogens is 2.